The molecule has 0 amide bonds. The Kier molecular flexibility index (Phi) is 4.15. The van der Waals surface area contributed by atoms with Gasteiger partial charge in [0.05, 0.1) is 25.5 Å². The van der Waals surface area contributed by atoms with Crippen LogP contribution in [0.15, 0.2) is 57.6 Å². The lowest BCUT2D eigenvalue weighted by atomic mass is 10.1. The van der Waals surface area contributed by atoms with Crippen molar-refractivity contribution in [3.8, 4) is 11.7 Å². The van der Waals surface area contributed by atoms with Gasteiger partial charge in [-0.1, -0.05) is 30.3 Å². The van der Waals surface area contributed by atoms with Crippen molar-refractivity contribution in [3.63, 3.8) is 0 Å². The molecular weight excluding hydrogens is 306 g/mol. The molecule has 1 fully saturated rings. The van der Waals surface area contributed by atoms with Gasteiger partial charge in [0, 0.05) is 12.6 Å². The van der Waals surface area contributed by atoms with Crippen LogP contribution in [-0.4, -0.2) is 34.3 Å². The average Bonchev–Trinajstić information content (AvgIpc) is 3.29. The van der Waals surface area contributed by atoms with E-state index in [2.05, 4.69) is 34.2 Å². The highest BCUT2D eigenvalue weighted by atomic mass is 16.5. The Labute approximate surface area is 140 Å². The van der Waals surface area contributed by atoms with Gasteiger partial charge >= 0.3 is 0 Å². The summed E-state index contributed by atoms with van der Waals surface area (Å²) in [5.74, 6) is 1.59. The van der Waals surface area contributed by atoms with E-state index in [9.17, 15) is 0 Å². The molecule has 6 nitrogen and oxygen atoms in total. The summed E-state index contributed by atoms with van der Waals surface area (Å²) in [5.41, 5.74) is 1.19. The van der Waals surface area contributed by atoms with Gasteiger partial charge in [0.1, 0.15) is 0 Å². The van der Waals surface area contributed by atoms with Crippen molar-refractivity contribution >= 4 is 0 Å². The highest BCUT2D eigenvalue weighted by Crippen LogP contribution is 2.26. The Hall–Kier alpha value is -2.44. The second-order valence-corrected chi connectivity index (χ2v) is 5.99. The SMILES string of the molecule is CC1COC(c2ccccc2)CN1Cc1nnc(-c2ccco2)o1. The van der Waals surface area contributed by atoms with Crippen LogP contribution in [0.2, 0.25) is 0 Å². The zero-order valence-electron chi connectivity index (χ0n) is 13.5. The van der Waals surface area contributed by atoms with Gasteiger partial charge in [-0.15, -0.1) is 10.2 Å². The lowest BCUT2D eigenvalue weighted by Gasteiger charge is -2.37. The van der Waals surface area contributed by atoms with Crippen molar-refractivity contribution in [2.45, 2.75) is 25.6 Å². The minimum Gasteiger partial charge on any atom is -0.459 e. The molecule has 4 rings (SSSR count). The van der Waals surface area contributed by atoms with Crippen molar-refractivity contribution in [2.24, 2.45) is 0 Å². The summed E-state index contributed by atoms with van der Waals surface area (Å²) < 4.78 is 17.0. The number of hydrogen-bond donors (Lipinski definition) is 0. The van der Waals surface area contributed by atoms with Gasteiger partial charge in [-0.2, -0.15) is 0 Å². The highest BCUT2D eigenvalue weighted by Gasteiger charge is 2.28. The Morgan fingerprint density at radius 1 is 1.12 bits per heavy atom. The standard InChI is InChI=1S/C18H19N3O3/c1-13-12-23-16(14-6-3-2-4-7-14)10-21(13)11-17-19-20-18(24-17)15-8-5-9-22-15/h2-9,13,16H,10-12H2,1H3. The summed E-state index contributed by atoms with van der Waals surface area (Å²) in [7, 11) is 0. The topological polar surface area (TPSA) is 64.5 Å². The fourth-order valence-corrected chi connectivity index (χ4v) is 2.89. The van der Waals surface area contributed by atoms with Gasteiger partial charge in [0.25, 0.3) is 5.89 Å². The van der Waals surface area contributed by atoms with Crippen molar-refractivity contribution in [1.82, 2.24) is 15.1 Å². The van der Waals surface area contributed by atoms with Crippen LogP contribution >= 0.6 is 0 Å². The van der Waals surface area contributed by atoms with Gasteiger partial charge < -0.3 is 13.6 Å². The number of hydrogen-bond acceptors (Lipinski definition) is 6. The van der Waals surface area contributed by atoms with Gasteiger partial charge in [0.2, 0.25) is 5.89 Å². The first-order chi connectivity index (χ1) is 11.8. The van der Waals surface area contributed by atoms with Crippen LogP contribution in [0.3, 0.4) is 0 Å². The molecule has 0 saturated carbocycles. The number of benzene rings is 1. The van der Waals surface area contributed by atoms with Gasteiger partial charge in [-0.05, 0) is 24.6 Å². The van der Waals surface area contributed by atoms with E-state index in [4.69, 9.17) is 13.6 Å². The second-order valence-electron chi connectivity index (χ2n) is 5.99. The van der Waals surface area contributed by atoms with Crippen LogP contribution in [0.4, 0.5) is 0 Å². The minimum absolute atomic E-state index is 0.0647. The molecule has 6 heteroatoms. The average molecular weight is 325 g/mol. The first-order valence-corrected chi connectivity index (χ1v) is 8.06. The van der Waals surface area contributed by atoms with E-state index >= 15 is 0 Å². The third-order valence-electron chi connectivity index (χ3n) is 4.27. The van der Waals surface area contributed by atoms with Crippen LogP contribution in [0.1, 0.15) is 24.5 Å². The van der Waals surface area contributed by atoms with Crippen molar-refractivity contribution in [2.75, 3.05) is 13.2 Å². The van der Waals surface area contributed by atoms with E-state index < -0.39 is 0 Å². The van der Waals surface area contributed by atoms with E-state index in [-0.39, 0.29) is 6.10 Å². The quantitative estimate of drug-likeness (QED) is 0.733. The summed E-state index contributed by atoms with van der Waals surface area (Å²) in [6.07, 6.45) is 1.66. The lowest BCUT2D eigenvalue weighted by Crippen LogP contribution is -2.44. The third-order valence-corrected chi connectivity index (χ3v) is 4.27. The van der Waals surface area contributed by atoms with Gasteiger partial charge in [-0.3, -0.25) is 4.90 Å². The summed E-state index contributed by atoms with van der Waals surface area (Å²) in [6, 6.07) is 14.2. The Morgan fingerprint density at radius 3 is 2.79 bits per heavy atom. The van der Waals surface area contributed by atoms with Gasteiger partial charge in [0.15, 0.2) is 5.76 Å². The normalized spacial score (nSPS) is 21.9. The molecule has 1 saturated heterocycles. The molecule has 1 aliphatic rings. The molecule has 3 aromatic rings. The summed E-state index contributed by atoms with van der Waals surface area (Å²) in [4.78, 5) is 2.31. The van der Waals surface area contributed by atoms with Gasteiger partial charge in [-0.25, -0.2) is 0 Å². The van der Waals surface area contributed by atoms with Crippen molar-refractivity contribution < 1.29 is 13.6 Å². The number of ether oxygens (including phenoxy) is 1. The molecule has 1 aliphatic heterocycles. The number of rotatable bonds is 4. The fourth-order valence-electron chi connectivity index (χ4n) is 2.89. The molecule has 0 spiro atoms. The van der Waals surface area contributed by atoms with Crippen molar-refractivity contribution in [3.05, 3.63) is 60.2 Å². The van der Waals surface area contributed by atoms with E-state index in [1.165, 1.54) is 5.56 Å². The van der Waals surface area contributed by atoms with Crippen molar-refractivity contribution in [1.29, 1.82) is 0 Å². The van der Waals surface area contributed by atoms with Crippen LogP contribution < -0.4 is 0 Å². The van der Waals surface area contributed by atoms with E-state index in [1.807, 2.05) is 18.2 Å². The number of furan rings is 1. The molecule has 2 unspecified atom stereocenters. The van der Waals surface area contributed by atoms with E-state index in [0.29, 0.717) is 36.7 Å². The Balaban J connectivity index is 1.47. The van der Waals surface area contributed by atoms with Crippen LogP contribution in [0, 0.1) is 0 Å². The van der Waals surface area contributed by atoms with Crippen LogP contribution in [-0.2, 0) is 11.3 Å². The molecule has 2 atom stereocenters. The number of aromatic nitrogens is 2. The predicted octanol–water partition coefficient (Wildman–Crippen LogP) is 3.29. The largest absolute Gasteiger partial charge is 0.459 e. The summed E-state index contributed by atoms with van der Waals surface area (Å²) >= 11 is 0. The summed E-state index contributed by atoms with van der Waals surface area (Å²) in [6.45, 7) is 4.22. The van der Waals surface area contributed by atoms with E-state index in [1.54, 1.807) is 18.4 Å². The smallest absolute Gasteiger partial charge is 0.283 e. The molecule has 0 radical (unpaired) electrons. The number of nitrogens with zero attached hydrogens (tertiary/aromatic N) is 3. The molecule has 0 N–H and O–H groups in total. The molecular formula is C18H19N3O3. The second kappa shape index (κ2) is 6.59. The monoisotopic (exact) mass is 325 g/mol. The molecule has 0 aliphatic carbocycles. The third kappa shape index (κ3) is 3.11. The van der Waals surface area contributed by atoms with E-state index in [0.717, 1.165) is 6.54 Å². The highest BCUT2D eigenvalue weighted by molar-refractivity contribution is 5.42. The zero-order chi connectivity index (χ0) is 16.4. The maximum atomic E-state index is 5.99. The zero-order valence-corrected chi connectivity index (χ0v) is 13.5. The maximum Gasteiger partial charge on any atom is 0.283 e. The molecule has 3 heterocycles. The Morgan fingerprint density at radius 2 is 2.00 bits per heavy atom. The van der Waals surface area contributed by atoms with Crippen LogP contribution in [0.5, 0.6) is 0 Å². The lowest BCUT2D eigenvalue weighted by molar-refractivity contribution is -0.0655. The molecule has 1 aromatic carbocycles. The first kappa shape index (κ1) is 15.1. The first-order valence-electron chi connectivity index (χ1n) is 8.06. The molecule has 0 bridgehead atoms. The number of morpholine rings is 1. The molecule has 2 aromatic heterocycles. The Bertz CT molecular complexity index is 770. The summed E-state index contributed by atoms with van der Waals surface area (Å²) in [5, 5.41) is 8.20. The molecule has 124 valence electrons. The fraction of sp³-hybridized carbons (Fsp3) is 0.333. The molecule has 24 heavy (non-hydrogen) atoms. The predicted molar refractivity (Wildman–Crippen MR) is 87.0 cm³/mol. The minimum atomic E-state index is 0.0647. The maximum absolute atomic E-state index is 5.99. The van der Waals surface area contributed by atoms with Crippen LogP contribution in [0.25, 0.3) is 11.7 Å².